The third kappa shape index (κ3) is 2.59. The maximum absolute atomic E-state index is 11.0. The Hall–Kier alpha value is -1.95. The number of amides is 1. The van der Waals surface area contributed by atoms with Gasteiger partial charge < -0.3 is 15.8 Å². The van der Waals surface area contributed by atoms with Crippen molar-refractivity contribution in [1.29, 1.82) is 0 Å². The molecule has 1 amide bonds. The third-order valence-corrected chi connectivity index (χ3v) is 2.65. The minimum atomic E-state index is -0.558. The highest BCUT2D eigenvalue weighted by molar-refractivity contribution is 5.93. The first-order valence-corrected chi connectivity index (χ1v) is 5.35. The summed E-state index contributed by atoms with van der Waals surface area (Å²) in [6.07, 6.45) is 0.859. The lowest BCUT2D eigenvalue weighted by Gasteiger charge is -2.13. The van der Waals surface area contributed by atoms with Gasteiger partial charge >= 0.3 is 0 Å². The summed E-state index contributed by atoms with van der Waals surface area (Å²) >= 11 is 0. The van der Waals surface area contributed by atoms with E-state index in [0.717, 1.165) is 19.5 Å². The average molecular weight is 235 g/mol. The fraction of sp³-hybridized carbons (Fsp3) is 0.364. The van der Waals surface area contributed by atoms with E-state index in [2.05, 4.69) is 10.5 Å². The van der Waals surface area contributed by atoms with E-state index in [1.54, 1.807) is 0 Å². The molecule has 0 spiro atoms. The number of hydrogen-bond acceptors (Lipinski definition) is 5. The number of hydrogen-bond donors (Lipinski definition) is 2. The van der Waals surface area contributed by atoms with Crippen LogP contribution in [0.1, 0.15) is 16.8 Å². The van der Waals surface area contributed by atoms with Crippen molar-refractivity contribution in [3.8, 4) is 5.75 Å². The molecular formula is C11H13N3O3. The fourth-order valence-corrected chi connectivity index (χ4v) is 1.75. The molecule has 1 aromatic carbocycles. The number of primary amides is 1. The number of rotatable bonds is 4. The summed E-state index contributed by atoms with van der Waals surface area (Å²) in [6, 6.07) is 4.35. The van der Waals surface area contributed by atoms with Crippen molar-refractivity contribution in [2.75, 3.05) is 13.1 Å². The van der Waals surface area contributed by atoms with Gasteiger partial charge in [0.1, 0.15) is 17.5 Å². The van der Waals surface area contributed by atoms with Gasteiger partial charge in [-0.25, -0.2) is 0 Å². The van der Waals surface area contributed by atoms with Crippen molar-refractivity contribution < 1.29 is 9.53 Å². The molecule has 1 aromatic rings. The van der Waals surface area contributed by atoms with E-state index in [0.29, 0.717) is 11.3 Å². The Labute approximate surface area is 98.1 Å². The van der Waals surface area contributed by atoms with Gasteiger partial charge in [0.15, 0.2) is 0 Å². The van der Waals surface area contributed by atoms with Gasteiger partial charge in [0.05, 0.1) is 0 Å². The van der Waals surface area contributed by atoms with Gasteiger partial charge in [-0.3, -0.25) is 4.79 Å². The summed E-state index contributed by atoms with van der Waals surface area (Å²) in [5.74, 6) is -0.248. The molecule has 2 rings (SSSR count). The number of carbonyl (C=O) groups excluding carboxylic acids is 1. The number of nitrogens with zero attached hydrogens (tertiary/aromatic N) is 1. The van der Waals surface area contributed by atoms with Gasteiger partial charge in [0.2, 0.25) is 5.91 Å². The molecule has 6 heteroatoms. The number of nitroso groups, excluding NO2 is 1. The molecule has 1 fully saturated rings. The molecule has 1 atom stereocenters. The van der Waals surface area contributed by atoms with Crippen LogP contribution in [0.4, 0.5) is 5.69 Å². The predicted molar refractivity (Wildman–Crippen MR) is 62.3 cm³/mol. The van der Waals surface area contributed by atoms with Gasteiger partial charge in [-0.15, -0.1) is 4.91 Å². The van der Waals surface area contributed by atoms with E-state index in [1.807, 2.05) is 0 Å². The number of nitrogens with two attached hydrogens (primary N) is 1. The average Bonchev–Trinajstić information content (AvgIpc) is 2.81. The summed E-state index contributed by atoms with van der Waals surface area (Å²) in [6.45, 7) is 1.60. The highest BCUT2D eigenvalue weighted by atomic mass is 16.5. The van der Waals surface area contributed by atoms with Crippen LogP contribution < -0.4 is 15.8 Å². The largest absolute Gasteiger partial charge is 0.487 e. The Morgan fingerprint density at radius 3 is 2.94 bits per heavy atom. The Kier molecular flexibility index (Phi) is 3.34. The van der Waals surface area contributed by atoms with E-state index >= 15 is 0 Å². The Bertz CT molecular complexity index is 442. The summed E-state index contributed by atoms with van der Waals surface area (Å²) in [7, 11) is 0. The highest BCUT2D eigenvalue weighted by Gasteiger charge is 2.18. The van der Waals surface area contributed by atoms with E-state index in [-0.39, 0.29) is 11.8 Å². The molecule has 0 radical (unpaired) electrons. The zero-order chi connectivity index (χ0) is 12.3. The van der Waals surface area contributed by atoms with Crippen molar-refractivity contribution in [2.45, 2.75) is 12.5 Å². The van der Waals surface area contributed by atoms with Crippen LogP contribution in [0, 0.1) is 4.91 Å². The van der Waals surface area contributed by atoms with Gasteiger partial charge in [-0.05, 0) is 36.3 Å². The quantitative estimate of drug-likeness (QED) is 0.759. The summed E-state index contributed by atoms with van der Waals surface area (Å²) in [5, 5.41) is 6.01. The van der Waals surface area contributed by atoms with Gasteiger partial charge in [-0.1, -0.05) is 0 Å². The molecular weight excluding hydrogens is 222 g/mol. The second-order valence-corrected chi connectivity index (χ2v) is 3.87. The topological polar surface area (TPSA) is 93.8 Å². The van der Waals surface area contributed by atoms with E-state index < -0.39 is 5.91 Å². The van der Waals surface area contributed by atoms with E-state index in [4.69, 9.17) is 10.5 Å². The molecule has 3 N–H and O–H groups in total. The van der Waals surface area contributed by atoms with Crippen molar-refractivity contribution in [1.82, 2.24) is 5.32 Å². The van der Waals surface area contributed by atoms with Crippen molar-refractivity contribution >= 4 is 11.6 Å². The summed E-state index contributed by atoms with van der Waals surface area (Å²) < 4.78 is 5.62. The fourth-order valence-electron chi connectivity index (χ4n) is 1.75. The molecule has 17 heavy (non-hydrogen) atoms. The lowest BCUT2D eigenvalue weighted by molar-refractivity contribution is 0.0999. The molecule has 1 aliphatic heterocycles. The van der Waals surface area contributed by atoms with Crippen LogP contribution in [-0.4, -0.2) is 25.1 Å². The number of nitrogens with one attached hydrogen (secondary N) is 1. The number of carbonyl (C=O) groups is 1. The zero-order valence-electron chi connectivity index (χ0n) is 9.18. The first-order valence-electron chi connectivity index (χ1n) is 5.35. The minimum absolute atomic E-state index is 0.00127. The summed E-state index contributed by atoms with van der Waals surface area (Å²) in [5.41, 5.74) is 5.65. The van der Waals surface area contributed by atoms with Crippen LogP contribution in [-0.2, 0) is 0 Å². The van der Waals surface area contributed by atoms with E-state index in [1.165, 1.54) is 18.2 Å². The molecule has 90 valence electrons. The van der Waals surface area contributed by atoms with E-state index in [9.17, 15) is 9.70 Å². The number of benzene rings is 1. The standard InChI is InChI=1S/C11H13N3O3/c12-11(15)7-1-2-9(14-16)10(5-7)17-8-3-4-13-6-8/h1-2,5,8,13H,3-4,6H2,(H2,12,15). The Morgan fingerprint density at radius 1 is 1.53 bits per heavy atom. The second-order valence-electron chi connectivity index (χ2n) is 3.87. The SMILES string of the molecule is NC(=O)c1ccc(N=O)c(OC2CCNC2)c1. The van der Waals surface area contributed by atoms with Crippen LogP contribution in [0.3, 0.4) is 0 Å². The maximum Gasteiger partial charge on any atom is 0.248 e. The lowest BCUT2D eigenvalue weighted by atomic mass is 10.2. The highest BCUT2D eigenvalue weighted by Crippen LogP contribution is 2.30. The first kappa shape index (κ1) is 11.5. The molecule has 1 saturated heterocycles. The van der Waals surface area contributed by atoms with Crippen molar-refractivity contribution in [2.24, 2.45) is 10.9 Å². The molecule has 1 aliphatic rings. The Morgan fingerprint density at radius 2 is 2.35 bits per heavy atom. The molecule has 0 aliphatic carbocycles. The van der Waals surface area contributed by atoms with Crippen LogP contribution >= 0.6 is 0 Å². The molecule has 6 nitrogen and oxygen atoms in total. The van der Waals surface area contributed by atoms with Gasteiger partial charge in [0.25, 0.3) is 0 Å². The summed E-state index contributed by atoms with van der Waals surface area (Å²) in [4.78, 5) is 21.7. The maximum atomic E-state index is 11.0. The molecule has 0 bridgehead atoms. The predicted octanol–water partition coefficient (Wildman–Crippen LogP) is 0.924. The lowest BCUT2D eigenvalue weighted by Crippen LogP contribution is -2.20. The normalized spacial score (nSPS) is 18.9. The van der Waals surface area contributed by atoms with Crippen LogP contribution in [0.2, 0.25) is 0 Å². The Balaban J connectivity index is 2.24. The van der Waals surface area contributed by atoms with Crippen LogP contribution in [0.25, 0.3) is 0 Å². The minimum Gasteiger partial charge on any atom is -0.487 e. The van der Waals surface area contributed by atoms with Gasteiger partial charge in [-0.2, -0.15) is 0 Å². The van der Waals surface area contributed by atoms with Crippen molar-refractivity contribution in [3.63, 3.8) is 0 Å². The molecule has 0 aromatic heterocycles. The smallest absolute Gasteiger partial charge is 0.248 e. The first-order chi connectivity index (χ1) is 8.20. The van der Waals surface area contributed by atoms with Crippen molar-refractivity contribution in [3.05, 3.63) is 28.7 Å². The molecule has 1 heterocycles. The molecule has 0 saturated carbocycles. The second kappa shape index (κ2) is 4.92. The van der Waals surface area contributed by atoms with Crippen LogP contribution in [0.15, 0.2) is 23.4 Å². The monoisotopic (exact) mass is 235 g/mol. The number of ether oxygens (including phenoxy) is 1. The molecule has 1 unspecified atom stereocenters. The zero-order valence-corrected chi connectivity index (χ0v) is 9.18. The van der Waals surface area contributed by atoms with Gasteiger partial charge in [0, 0.05) is 12.1 Å². The third-order valence-electron chi connectivity index (χ3n) is 2.65. The van der Waals surface area contributed by atoms with Crippen LogP contribution in [0.5, 0.6) is 5.75 Å².